The SMILES string of the molecule is CC(C)=CCn1nc(C(=O)N[C@H]2C[C@H]3COC[C@@H](C2)N3Cc2cccc([N+](=O)[O-])c2)c2ccccc21. The lowest BCUT2D eigenvalue weighted by atomic mass is 9.89. The quantitative estimate of drug-likeness (QED) is 0.305. The van der Waals surface area contributed by atoms with Gasteiger partial charge >= 0.3 is 0 Å². The lowest BCUT2D eigenvalue weighted by Crippen LogP contribution is -2.60. The molecule has 9 nitrogen and oxygen atoms in total. The smallest absolute Gasteiger partial charge is 0.272 e. The Kier molecular flexibility index (Phi) is 6.84. The largest absolute Gasteiger partial charge is 0.378 e. The molecule has 0 unspecified atom stereocenters. The highest BCUT2D eigenvalue weighted by atomic mass is 16.6. The first-order valence-electron chi connectivity index (χ1n) is 12.4. The van der Waals surface area contributed by atoms with Crippen LogP contribution in [0, 0.1) is 10.1 Å². The standard InChI is InChI=1S/C27H31N5O4/c1-18(2)10-11-31-25-9-4-3-8-24(25)26(29-31)27(33)28-20-13-22-16-36-17-23(14-20)30(22)15-19-6-5-7-21(12-19)32(34)35/h3-10,12,20,22-23H,11,13-17H2,1-2H3,(H,28,33)/t20-,22-,23+. The highest BCUT2D eigenvalue weighted by molar-refractivity contribution is 6.05. The average molecular weight is 490 g/mol. The molecule has 3 aromatic rings. The lowest BCUT2D eigenvalue weighted by molar-refractivity contribution is -0.384. The van der Waals surface area contributed by atoms with Gasteiger partial charge < -0.3 is 10.1 Å². The van der Waals surface area contributed by atoms with Crippen molar-refractivity contribution in [3.05, 3.63) is 81.6 Å². The molecule has 0 aliphatic carbocycles. The topological polar surface area (TPSA) is 103 Å². The lowest BCUT2D eigenvalue weighted by Gasteiger charge is -2.48. The number of carbonyl (C=O) groups excluding carboxylic acids is 1. The van der Waals surface area contributed by atoms with Crippen LogP contribution in [0.5, 0.6) is 0 Å². The third-order valence-corrected chi connectivity index (χ3v) is 7.04. The van der Waals surface area contributed by atoms with Gasteiger partial charge in [-0.15, -0.1) is 0 Å². The number of ether oxygens (including phenoxy) is 1. The number of morpholine rings is 1. The first kappa shape index (κ1) is 24.1. The van der Waals surface area contributed by atoms with Crippen molar-refractivity contribution in [1.82, 2.24) is 20.0 Å². The van der Waals surface area contributed by atoms with Gasteiger partial charge in [0.05, 0.1) is 30.2 Å². The monoisotopic (exact) mass is 489 g/mol. The van der Waals surface area contributed by atoms with Crippen molar-refractivity contribution in [3.63, 3.8) is 0 Å². The number of hydrogen-bond acceptors (Lipinski definition) is 6. The molecule has 1 N–H and O–H groups in total. The van der Waals surface area contributed by atoms with E-state index < -0.39 is 0 Å². The molecule has 36 heavy (non-hydrogen) atoms. The Morgan fingerprint density at radius 2 is 1.92 bits per heavy atom. The van der Waals surface area contributed by atoms with Crippen molar-refractivity contribution < 1.29 is 14.5 Å². The van der Waals surface area contributed by atoms with Crippen LogP contribution >= 0.6 is 0 Å². The second kappa shape index (κ2) is 10.2. The normalized spacial score (nSPS) is 21.8. The van der Waals surface area contributed by atoms with Gasteiger partial charge in [-0.05, 0) is 38.3 Å². The Hall–Kier alpha value is -3.56. The van der Waals surface area contributed by atoms with E-state index in [0.29, 0.717) is 32.0 Å². The minimum atomic E-state index is -0.361. The summed E-state index contributed by atoms with van der Waals surface area (Å²) < 4.78 is 7.70. The van der Waals surface area contributed by atoms with Crippen LogP contribution in [0.25, 0.3) is 10.9 Å². The molecule has 2 saturated heterocycles. The number of allylic oxidation sites excluding steroid dienone is 2. The van der Waals surface area contributed by atoms with E-state index in [-0.39, 0.29) is 34.6 Å². The van der Waals surface area contributed by atoms with Crippen molar-refractivity contribution >= 4 is 22.5 Å². The van der Waals surface area contributed by atoms with Gasteiger partial charge in [-0.25, -0.2) is 0 Å². The van der Waals surface area contributed by atoms with E-state index in [1.165, 1.54) is 11.6 Å². The molecule has 2 bridgehead atoms. The number of amides is 1. The summed E-state index contributed by atoms with van der Waals surface area (Å²) in [6.07, 6.45) is 3.61. The summed E-state index contributed by atoms with van der Waals surface area (Å²) in [5, 5.41) is 19.9. The van der Waals surface area contributed by atoms with Gasteiger partial charge in [0, 0.05) is 42.2 Å². The van der Waals surface area contributed by atoms with Crippen LogP contribution in [0.3, 0.4) is 0 Å². The number of hydrogen-bond donors (Lipinski definition) is 1. The summed E-state index contributed by atoms with van der Waals surface area (Å²) >= 11 is 0. The van der Waals surface area contributed by atoms with Crippen LogP contribution in [0.15, 0.2) is 60.2 Å². The predicted octanol–water partition coefficient (Wildman–Crippen LogP) is 4.07. The Labute approximate surface area is 209 Å². The number of nitrogens with one attached hydrogen (secondary N) is 1. The summed E-state index contributed by atoms with van der Waals surface area (Å²) in [5.41, 5.74) is 3.61. The fourth-order valence-corrected chi connectivity index (χ4v) is 5.30. The number of nitro benzene ring substituents is 1. The summed E-state index contributed by atoms with van der Waals surface area (Å²) in [6, 6.07) is 14.9. The van der Waals surface area contributed by atoms with Crippen LogP contribution in [0.2, 0.25) is 0 Å². The van der Waals surface area contributed by atoms with Gasteiger partial charge in [0.1, 0.15) is 0 Å². The molecule has 3 heterocycles. The van der Waals surface area contributed by atoms with Crippen LogP contribution in [-0.2, 0) is 17.8 Å². The number of rotatable bonds is 7. The zero-order chi connectivity index (χ0) is 25.2. The van der Waals surface area contributed by atoms with Crippen molar-refractivity contribution in [2.24, 2.45) is 0 Å². The number of carbonyl (C=O) groups is 1. The van der Waals surface area contributed by atoms with Gasteiger partial charge in [-0.1, -0.05) is 42.0 Å². The second-order valence-electron chi connectivity index (χ2n) is 9.92. The number of piperidine rings is 1. The maximum Gasteiger partial charge on any atom is 0.272 e. The van der Waals surface area contributed by atoms with Crippen molar-refractivity contribution in [2.75, 3.05) is 13.2 Å². The fraction of sp³-hybridized carbons (Fsp3) is 0.407. The number of nitrogens with zero attached hydrogens (tertiary/aromatic N) is 4. The Morgan fingerprint density at radius 3 is 2.64 bits per heavy atom. The third kappa shape index (κ3) is 5.03. The van der Waals surface area contributed by atoms with Gasteiger partial charge in [-0.3, -0.25) is 24.5 Å². The van der Waals surface area contributed by atoms with Gasteiger partial charge in [0.15, 0.2) is 5.69 Å². The number of nitro groups is 1. The Balaban J connectivity index is 1.30. The van der Waals surface area contributed by atoms with E-state index in [4.69, 9.17) is 4.74 Å². The molecule has 2 aromatic carbocycles. The highest BCUT2D eigenvalue weighted by Crippen LogP contribution is 2.30. The predicted molar refractivity (Wildman–Crippen MR) is 137 cm³/mol. The molecule has 1 aromatic heterocycles. The summed E-state index contributed by atoms with van der Waals surface area (Å²) in [5.74, 6) is -0.154. The molecule has 3 atom stereocenters. The summed E-state index contributed by atoms with van der Waals surface area (Å²) in [4.78, 5) is 26.5. The third-order valence-electron chi connectivity index (χ3n) is 7.04. The Bertz CT molecular complexity index is 1300. The molecule has 0 spiro atoms. The molecule has 2 aliphatic heterocycles. The van der Waals surface area contributed by atoms with Crippen LogP contribution < -0.4 is 5.32 Å². The van der Waals surface area contributed by atoms with Gasteiger partial charge in [0.25, 0.3) is 11.6 Å². The molecule has 5 rings (SSSR count). The molecule has 0 saturated carbocycles. The number of benzene rings is 2. The highest BCUT2D eigenvalue weighted by Gasteiger charge is 2.39. The molecule has 0 radical (unpaired) electrons. The Morgan fingerprint density at radius 1 is 1.17 bits per heavy atom. The van der Waals surface area contributed by atoms with Crippen molar-refractivity contribution in [1.29, 1.82) is 0 Å². The van der Waals surface area contributed by atoms with Gasteiger partial charge in [-0.2, -0.15) is 5.10 Å². The number of para-hydroxylation sites is 1. The van der Waals surface area contributed by atoms with E-state index in [1.807, 2.05) is 48.9 Å². The van der Waals surface area contributed by atoms with E-state index in [2.05, 4.69) is 21.4 Å². The van der Waals surface area contributed by atoms with E-state index in [1.54, 1.807) is 12.1 Å². The van der Waals surface area contributed by atoms with Crippen LogP contribution in [0.4, 0.5) is 5.69 Å². The first-order valence-corrected chi connectivity index (χ1v) is 12.4. The molecule has 1 amide bonds. The molecule has 9 heteroatoms. The van der Waals surface area contributed by atoms with E-state index in [0.717, 1.165) is 29.3 Å². The molecular formula is C27H31N5O4. The number of aromatic nitrogens is 2. The summed E-state index contributed by atoms with van der Waals surface area (Å²) in [7, 11) is 0. The maximum absolute atomic E-state index is 13.4. The van der Waals surface area contributed by atoms with Crippen molar-refractivity contribution in [2.45, 2.75) is 57.9 Å². The second-order valence-corrected chi connectivity index (χ2v) is 9.92. The number of fused-ring (bicyclic) bond motifs is 3. The fourth-order valence-electron chi connectivity index (χ4n) is 5.30. The van der Waals surface area contributed by atoms with Gasteiger partial charge in [0.2, 0.25) is 0 Å². The minimum absolute atomic E-state index is 0.0134. The molecular weight excluding hydrogens is 458 g/mol. The molecule has 2 fully saturated rings. The molecule has 2 aliphatic rings. The maximum atomic E-state index is 13.4. The van der Waals surface area contributed by atoms with Crippen LogP contribution in [-0.4, -0.2) is 56.9 Å². The number of non-ortho nitro benzene ring substituents is 1. The molecule has 188 valence electrons. The summed E-state index contributed by atoms with van der Waals surface area (Å²) in [6.45, 7) is 6.50. The minimum Gasteiger partial charge on any atom is -0.378 e. The van der Waals surface area contributed by atoms with E-state index >= 15 is 0 Å². The van der Waals surface area contributed by atoms with Crippen molar-refractivity contribution in [3.8, 4) is 0 Å². The van der Waals surface area contributed by atoms with Crippen LogP contribution in [0.1, 0.15) is 42.7 Å². The first-order chi connectivity index (χ1) is 17.4. The van der Waals surface area contributed by atoms with E-state index in [9.17, 15) is 14.9 Å². The average Bonchev–Trinajstić information content (AvgIpc) is 3.22. The zero-order valence-electron chi connectivity index (χ0n) is 20.6. The zero-order valence-corrected chi connectivity index (χ0v) is 20.6.